The van der Waals surface area contributed by atoms with Gasteiger partial charge in [0.25, 0.3) is 11.8 Å². The molecular formula is C24H16Cl2FN3O3. The highest BCUT2D eigenvalue weighted by atomic mass is 35.5. The Morgan fingerprint density at radius 3 is 2.39 bits per heavy atom. The number of nitrogens with one attached hydrogen (secondary N) is 2. The second-order valence-corrected chi connectivity index (χ2v) is 7.45. The monoisotopic (exact) mass is 483 g/mol. The van der Waals surface area contributed by atoms with Gasteiger partial charge in [-0.3, -0.25) is 9.59 Å². The first-order valence-electron chi connectivity index (χ1n) is 9.52. The second kappa shape index (κ2) is 11.1. The van der Waals surface area contributed by atoms with Crippen LogP contribution in [0.3, 0.4) is 0 Å². The molecule has 0 aromatic heterocycles. The number of para-hydroxylation sites is 2. The number of halogens is 3. The van der Waals surface area contributed by atoms with E-state index in [9.17, 15) is 19.2 Å². The molecular weight excluding hydrogens is 468 g/mol. The molecule has 0 aliphatic carbocycles. The molecule has 0 saturated carbocycles. The Bertz CT molecular complexity index is 1270. The molecule has 3 aromatic carbocycles. The SMILES string of the molecule is N#C/C(=C\c1cc(Cl)ccc1OCC(=O)Nc1ccccc1F)C(=O)Nc1ccccc1Cl. The van der Waals surface area contributed by atoms with Crippen LogP contribution in [0.15, 0.2) is 72.3 Å². The van der Waals surface area contributed by atoms with Crippen LogP contribution in [0.25, 0.3) is 6.08 Å². The molecule has 0 saturated heterocycles. The number of rotatable bonds is 7. The van der Waals surface area contributed by atoms with Gasteiger partial charge in [-0.05, 0) is 48.5 Å². The minimum absolute atomic E-state index is 0.0188. The highest BCUT2D eigenvalue weighted by molar-refractivity contribution is 6.34. The van der Waals surface area contributed by atoms with Gasteiger partial charge in [0.1, 0.15) is 23.2 Å². The first-order valence-corrected chi connectivity index (χ1v) is 10.3. The molecule has 166 valence electrons. The van der Waals surface area contributed by atoms with E-state index in [2.05, 4.69) is 10.6 Å². The second-order valence-electron chi connectivity index (χ2n) is 6.60. The molecule has 0 aliphatic heterocycles. The molecule has 0 spiro atoms. The van der Waals surface area contributed by atoms with Crippen molar-refractivity contribution in [1.82, 2.24) is 0 Å². The largest absolute Gasteiger partial charge is 0.483 e. The predicted octanol–water partition coefficient (Wildman–Crippen LogP) is 5.70. The lowest BCUT2D eigenvalue weighted by molar-refractivity contribution is -0.118. The fourth-order valence-corrected chi connectivity index (χ4v) is 3.08. The number of hydrogen-bond acceptors (Lipinski definition) is 4. The number of amides is 2. The van der Waals surface area contributed by atoms with Gasteiger partial charge in [-0.15, -0.1) is 0 Å². The normalized spacial score (nSPS) is 10.8. The van der Waals surface area contributed by atoms with Crippen molar-refractivity contribution in [3.63, 3.8) is 0 Å². The van der Waals surface area contributed by atoms with Gasteiger partial charge >= 0.3 is 0 Å². The van der Waals surface area contributed by atoms with E-state index in [0.29, 0.717) is 21.3 Å². The third-order valence-corrected chi connectivity index (χ3v) is 4.83. The lowest BCUT2D eigenvalue weighted by Gasteiger charge is -2.11. The number of hydrogen-bond donors (Lipinski definition) is 2. The lowest BCUT2D eigenvalue weighted by Crippen LogP contribution is -2.21. The zero-order chi connectivity index (χ0) is 23.8. The van der Waals surface area contributed by atoms with Crippen molar-refractivity contribution >= 4 is 52.5 Å². The molecule has 0 aliphatic rings. The molecule has 3 aromatic rings. The van der Waals surface area contributed by atoms with Gasteiger partial charge in [-0.1, -0.05) is 47.5 Å². The number of nitriles is 1. The Kier molecular flexibility index (Phi) is 8.03. The lowest BCUT2D eigenvalue weighted by atomic mass is 10.1. The van der Waals surface area contributed by atoms with Gasteiger partial charge in [0.15, 0.2) is 6.61 Å². The molecule has 0 atom stereocenters. The van der Waals surface area contributed by atoms with Crippen LogP contribution in [-0.2, 0) is 9.59 Å². The molecule has 0 bridgehead atoms. The average molecular weight is 484 g/mol. The van der Waals surface area contributed by atoms with Crippen molar-refractivity contribution in [3.8, 4) is 11.8 Å². The van der Waals surface area contributed by atoms with Crippen molar-refractivity contribution < 1.29 is 18.7 Å². The number of carbonyl (C=O) groups excluding carboxylic acids is 2. The van der Waals surface area contributed by atoms with Gasteiger partial charge in [-0.25, -0.2) is 4.39 Å². The third kappa shape index (κ3) is 6.56. The third-order valence-electron chi connectivity index (χ3n) is 4.27. The fraction of sp³-hybridized carbons (Fsp3) is 0.0417. The average Bonchev–Trinajstić information content (AvgIpc) is 2.79. The molecule has 2 N–H and O–H groups in total. The van der Waals surface area contributed by atoms with Crippen LogP contribution in [0, 0.1) is 17.1 Å². The van der Waals surface area contributed by atoms with Gasteiger partial charge in [-0.2, -0.15) is 5.26 Å². The Balaban J connectivity index is 1.76. The molecule has 0 radical (unpaired) electrons. The topological polar surface area (TPSA) is 91.2 Å². The van der Waals surface area contributed by atoms with E-state index in [1.54, 1.807) is 30.3 Å². The number of ether oxygens (including phenoxy) is 1. The number of benzene rings is 3. The van der Waals surface area contributed by atoms with Gasteiger partial charge in [0, 0.05) is 10.6 Å². The van der Waals surface area contributed by atoms with Crippen molar-refractivity contribution in [1.29, 1.82) is 5.26 Å². The van der Waals surface area contributed by atoms with Crippen LogP contribution < -0.4 is 15.4 Å². The van der Waals surface area contributed by atoms with Crippen LogP contribution >= 0.6 is 23.2 Å². The summed E-state index contributed by atoms with van der Waals surface area (Å²) in [6.45, 7) is -0.440. The van der Waals surface area contributed by atoms with Gasteiger partial charge in [0.2, 0.25) is 0 Å². The summed E-state index contributed by atoms with van der Waals surface area (Å²) in [6.07, 6.45) is 1.28. The standard InChI is InChI=1S/C24H16Cl2FN3O3/c25-17-9-10-22(33-14-23(31)29-21-8-4-2-6-19(21)27)15(12-17)11-16(13-28)24(32)30-20-7-3-1-5-18(20)26/h1-12H,14H2,(H,29,31)(H,30,32)/b16-11+. The summed E-state index contributed by atoms with van der Waals surface area (Å²) in [5.74, 6) is -1.67. The highest BCUT2D eigenvalue weighted by Gasteiger charge is 2.14. The maximum atomic E-state index is 13.7. The zero-order valence-electron chi connectivity index (χ0n) is 16.9. The Morgan fingerprint density at radius 2 is 1.70 bits per heavy atom. The summed E-state index contributed by atoms with van der Waals surface area (Å²) >= 11 is 12.1. The minimum atomic E-state index is -0.686. The van der Waals surface area contributed by atoms with Crippen molar-refractivity contribution in [2.45, 2.75) is 0 Å². The maximum absolute atomic E-state index is 13.7. The van der Waals surface area contributed by atoms with Gasteiger partial charge < -0.3 is 15.4 Å². The molecule has 33 heavy (non-hydrogen) atoms. The van der Waals surface area contributed by atoms with E-state index in [4.69, 9.17) is 27.9 Å². The first kappa shape index (κ1) is 23.8. The van der Waals surface area contributed by atoms with E-state index >= 15 is 0 Å². The summed E-state index contributed by atoms with van der Waals surface area (Å²) in [5.41, 5.74) is 0.424. The molecule has 3 rings (SSSR count). The number of carbonyl (C=O) groups is 2. The molecule has 6 nitrogen and oxygen atoms in total. The van der Waals surface area contributed by atoms with E-state index in [0.717, 1.165) is 0 Å². The summed E-state index contributed by atoms with van der Waals surface area (Å²) in [7, 11) is 0. The van der Waals surface area contributed by atoms with Crippen LogP contribution in [0.2, 0.25) is 10.0 Å². The van der Waals surface area contributed by atoms with Crippen LogP contribution in [0.5, 0.6) is 5.75 Å². The maximum Gasteiger partial charge on any atom is 0.266 e. The van der Waals surface area contributed by atoms with Gasteiger partial charge in [0.05, 0.1) is 16.4 Å². The molecule has 9 heteroatoms. The Hall–Kier alpha value is -3.86. The van der Waals surface area contributed by atoms with Crippen LogP contribution in [0.1, 0.15) is 5.56 Å². The molecule has 0 fully saturated rings. The van der Waals surface area contributed by atoms with E-state index in [1.165, 1.54) is 42.5 Å². The Morgan fingerprint density at radius 1 is 1.00 bits per heavy atom. The van der Waals surface area contributed by atoms with Crippen molar-refractivity contribution in [3.05, 3.63) is 93.7 Å². The van der Waals surface area contributed by atoms with E-state index in [1.807, 2.05) is 6.07 Å². The summed E-state index contributed by atoms with van der Waals surface area (Å²) in [4.78, 5) is 24.7. The minimum Gasteiger partial charge on any atom is -0.483 e. The van der Waals surface area contributed by atoms with Crippen molar-refractivity contribution in [2.24, 2.45) is 0 Å². The fourth-order valence-electron chi connectivity index (χ4n) is 2.71. The predicted molar refractivity (Wildman–Crippen MR) is 126 cm³/mol. The smallest absolute Gasteiger partial charge is 0.266 e. The van der Waals surface area contributed by atoms with Crippen LogP contribution in [0.4, 0.5) is 15.8 Å². The summed E-state index contributed by atoms with van der Waals surface area (Å²) < 4.78 is 19.2. The van der Waals surface area contributed by atoms with Crippen molar-refractivity contribution in [2.75, 3.05) is 17.2 Å². The summed E-state index contributed by atoms with van der Waals surface area (Å²) in [5, 5.41) is 15.1. The number of nitrogens with zero attached hydrogens (tertiary/aromatic N) is 1. The molecule has 0 unspecified atom stereocenters. The van der Waals surface area contributed by atoms with E-state index in [-0.39, 0.29) is 17.0 Å². The quantitative estimate of drug-likeness (QED) is 0.333. The Labute approximate surface area is 199 Å². The highest BCUT2D eigenvalue weighted by Crippen LogP contribution is 2.26. The first-order chi connectivity index (χ1) is 15.9. The molecule has 2 amide bonds. The zero-order valence-corrected chi connectivity index (χ0v) is 18.5. The van der Waals surface area contributed by atoms with E-state index < -0.39 is 24.2 Å². The molecule has 0 heterocycles. The van der Waals surface area contributed by atoms with Crippen LogP contribution in [-0.4, -0.2) is 18.4 Å². The number of anilines is 2. The summed E-state index contributed by atoms with van der Waals surface area (Å²) in [6, 6.07) is 18.6.